The zero-order valence-corrected chi connectivity index (χ0v) is 7.69. The van der Waals surface area contributed by atoms with Crippen molar-refractivity contribution in [2.75, 3.05) is 0 Å². The van der Waals surface area contributed by atoms with E-state index in [0.717, 1.165) is 0 Å². The SMILES string of the molecule is [B]CC(=O)c1ccc(Cl)cc1Cl. The molecule has 1 aromatic carbocycles. The van der Waals surface area contributed by atoms with Gasteiger partial charge in [-0.25, -0.2) is 0 Å². The summed E-state index contributed by atoms with van der Waals surface area (Å²) in [5.74, 6) is -0.184. The van der Waals surface area contributed by atoms with Crippen LogP contribution in [0.2, 0.25) is 16.4 Å². The van der Waals surface area contributed by atoms with E-state index in [9.17, 15) is 4.79 Å². The van der Waals surface area contributed by atoms with Gasteiger partial charge in [0.25, 0.3) is 0 Å². The molecule has 60 valence electrons. The number of hydrogen-bond donors (Lipinski definition) is 0. The molecule has 0 heterocycles. The Morgan fingerprint density at radius 1 is 1.42 bits per heavy atom. The summed E-state index contributed by atoms with van der Waals surface area (Å²) in [6, 6.07) is 4.70. The van der Waals surface area contributed by atoms with E-state index < -0.39 is 0 Å². The van der Waals surface area contributed by atoms with E-state index in [-0.39, 0.29) is 12.1 Å². The fraction of sp³-hybridized carbons (Fsp3) is 0.125. The summed E-state index contributed by atoms with van der Waals surface area (Å²) in [6.07, 6.45) is -0.0403. The van der Waals surface area contributed by atoms with Crippen LogP contribution in [-0.2, 0) is 0 Å². The van der Waals surface area contributed by atoms with E-state index in [1.54, 1.807) is 12.1 Å². The highest BCUT2D eigenvalue weighted by molar-refractivity contribution is 6.38. The standard InChI is InChI=1S/C8H5BCl2O/c9-4-8(12)6-2-1-5(10)3-7(6)11/h1-3H,4H2. The first-order chi connectivity index (χ1) is 5.65. The normalized spacial score (nSPS) is 9.83. The molecular weight excluding hydrogens is 194 g/mol. The average molecular weight is 199 g/mol. The monoisotopic (exact) mass is 198 g/mol. The number of rotatable bonds is 2. The van der Waals surface area contributed by atoms with Gasteiger partial charge in [-0.3, -0.25) is 4.79 Å². The number of carbonyl (C=O) groups is 1. The van der Waals surface area contributed by atoms with Gasteiger partial charge in [0, 0.05) is 10.6 Å². The van der Waals surface area contributed by atoms with Gasteiger partial charge in [0.2, 0.25) is 0 Å². The van der Waals surface area contributed by atoms with Crippen LogP contribution in [-0.4, -0.2) is 13.6 Å². The number of hydrogen-bond acceptors (Lipinski definition) is 1. The molecule has 0 aromatic heterocycles. The van der Waals surface area contributed by atoms with Crippen molar-refractivity contribution in [2.24, 2.45) is 0 Å². The second kappa shape index (κ2) is 3.97. The average Bonchev–Trinajstić information content (AvgIpc) is 2.03. The zero-order valence-electron chi connectivity index (χ0n) is 6.18. The van der Waals surface area contributed by atoms with Crippen LogP contribution in [0.15, 0.2) is 18.2 Å². The van der Waals surface area contributed by atoms with Crippen LogP contribution in [0.25, 0.3) is 0 Å². The van der Waals surface area contributed by atoms with Crippen molar-refractivity contribution in [1.29, 1.82) is 0 Å². The lowest BCUT2D eigenvalue weighted by Crippen LogP contribution is -1.97. The smallest absolute Gasteiger partial charge is 0.155 e. The first-order valence-corrected chi connectivity index (χ1v) is 4.09. The molecule has 12 heavy (non-hydrogen) atoms. The summed E-state index contributed by atoms with van der Waals surface area (Å²) >= 11 is 11.4. The third kappa shape index (κ3) is 2.02. The predicted octanol–water partition coefficient (Wildman–Crippen LogP) is 2.76. The van der Waals surface area contributed by atoms with Crippen LogP contribution in [0.4, 0.5) is 0 Å². The highest BCUT2D eigenvalue weighted by atomic mass is 35.5. The van der Waals surface area contributed by atoms with Gasteiger partial charge in [0.1, 0.15) is 0 Å². The summed E-state index contributed by atoms with van der Waals surface area (Å²) in [4.78, 5) is 11.1. The molecule has 0 saturated heterocycles. The van der Waals surface area contributed by atoms with Crippen LogP contribution in [0.5, 0.6) is 0 Å². The quantitative estimate of drug-likeness (QED) is 0.528. The Balaban J connectivity index is 3.09. The molecule has 0 fully saturated rings. The summed E-state index contributed by atoms with van der Waals surface area (Å²) < 4.78 is 0. The molecule has 0 atom stereocenters. The lowest BCUT2D eigenvalue weighted by molar-refractivity contribution is 0.101. The minimum absolute atomic E-state index is 0.0403. The van der Waals surface area contributed by atoms with Gasteiger partial charge in [0.15, 0.2) is 5.78 Å². The highest BCUT2D eigenvalue weighted by Gasteiger charge is 2.07. The Hall–Kier alpha value is -0.465. The maximum absolute atomic E-state index is 11.1. The molecule has 1 nitrogen and oxygen atoms in total. The molecule has 0 spiro atoms. The second-order valence-corrected chi connectivity index (χ2v) is 3.10. The maximum atomic E-state index is 11.1. The molecule has 0 aliphatic rings. The van der Waals surface area contributed by atoms with Crippen molar-refractivity contribution in [3.05, 3.63) is 33.8 Å². The van der Waals surface area contributed by atoms with Crippen LogP contribution in [0, 0.1) is 0 Å². The summed E-state index contributed by atoms with van der Waals surface area (Å²) in [5, 5.41) is 0.853. The van der Waals surface area contributed by atoms with E-state index in [2.05, 4.69) is 0 Å². The van der Waals surface area contributed by atoms with E-state index >= 15 is 0 Å². The summed E-state index contributed by atoms with van der Waals surface area (Å²) in [6.45, 7) is 0. The second-order valence-electron chi connectivity index (χ2n) is 2.25. The Morgan fingerprint density at radius 3 is 2.58 bits per heavy atom. The Bertz CT molecular complexity index is 312. The molecular formula is C8H5BCl2O. The van der Waals surface area contributed by atoms with E-state index in [0.29, 0.717) is 15.6 Å². The fourth-order valence-corrected chi connectivity index (χ4v) is 1.34. The minimum atomic E-state index is -0.184. The van der Waals surface area contributed by atoms with Crippen molar-refractivity contribution in [3.8, 4) is 0 Å². The molecule has 1 rings (SSSR count). The largest absolute Gasteiger partial charge is 0.295 e. The van der Waals surface area contributed by atoms with Gasteiger partial charge in [0.05, 0.1) is 12.9 Å². The van der Waals surface area contributed by atoms with E-state index in [1.807, 2.05) is 0 Å². The van der Waals surface area contributed by atoms with Gasteiger partial charge in [-0.15, -0.1) is 0 Å². The van der Waals surface area contributed by atoms with Gasteiger partial charge >= 0.3 is 0 Å². The summed E-state index contributed by atoms with van der Waals surface area (Å²) in [5.41, 5.74) is 0.420. The molecule has 0 amide bonds. The fourth-order valence-electron chi connectivity index (χ4n) is 0.826. The van der Waals surface area contributed by atoms with Crippen molar-refractivity contribution < 1.29 is 4.79 Å². The highest BCUT2D eigenvalue weighted by Crippen LogP contribution is 2.21. The van der Waals surface area contributed by atoms with Crippen LogP contribution >= 0.6 is 23.2 Å². The molecule has 0 aliphatic heterocycles. The van der Waals surface area contributed by atoms with Crippen molar-refractivity contribution in [2.45, 2.75) is 6.32 Å². The number of ketones is 1. The molecule has 0 aliphatic carbocycles. The summed E-state index contributed by atoms with van der Waals surface area (Å²) in [7, 11) is 5.17. The van der Waals surface area contributed by atoms with Gasteiger partial charge < -0.3 is 0 Å². The van der Waals surface area contributed by atoms with Crippen LogP contribution in [0.1, 0.15) is 10.4 Å². The maximum Gasteiger partial charge on any atom is 0.155 e. The van der Waals surface area contributed by atoms with E-state index in [1.165, 1.54) is 6.07 Å². The van der Waals surface area contributed by atoms with E-state index in [4.69, 9.17) is 31.0 Å². The molecule has 4 heteroatoms. The van der Waals surface area contributed by atoms with Crippen molar-refractivity contribution in [1.82, 2.24) is 0 Å². The third-order valence-corrected chi connectivity index (χ3v) is 1.96. The number of halogens is 2. The van der Waals surface area contributed by atoms with Gasteiger partial charge in [-0.2, -0.15) is 0 Å². The number of benzene rings is 1. The molecule has 0 N–H and O–H groups in total. The molecule has 0 unspecified atom stereocenters. The molecule has 0 bridgehead atoms. The van der Waals surface area contributed by atoms with Crippen molar-refractivity contribution in [3.63, 3.8) is 0 Å². The first-order valence-electron chi connectivity index (χ1n) is 3.33. The Morgan fingerprint density at radius 2 is 2.08 bits per heavy atom. The zero-order chi connectivity index (χ0) is 9.14. The van der Waals surface area contributed by atoms with Crippen LogP contribution in [0.3, 0.4) is 0 Å². The van der Waals surface area contributed by atoms with Crippen LogP contribution < -0.4 is 0 Å². The third-order valence-electron chi connectivity index (χ3n) is 1.42. The van der Waals surface area contributed by atoms with Crippen molar-refractivity contribution >= 4 is 36.8 Å². The molecule has 0 saturated carbocycles. The van der Waals surface area contributed by atoms with Gasteiger partial charge in [-0.1, -0.05) is 23.2 Å². The lowest BCUT2D eigenvalue weighted by Gasteiger charge is -2.00. The molecule has 1 aromatic rings. The number of Topliss-reactive ketones (excluding diaryl/α,β-unsaturated/α-hetero) is 1. The Labute approximate surface area is 82.1 Å². The van der Waals surface area contributed by atoms with Gasteiger partial charge in [-0.05, 0) is 24.5 Å². The topological polar surface area (TPSA) is 17.1 Å². The predicted molar refractivity (Wildman–Crippen MR) is 51.4 cm³/mol. The molecule has 2 radical (unpaired) electrons. The Kier molecular flexibility index (Phi) is 3.18. The first kappa shape index (κ1) is 9.62. The number of carbonyl (C=O) groups excluding carboxylic acids is 1. The minimum Gasteiger partial charge on any atom is -0.295 e. The lowest BCUT2D eigenvalue weighted by atomic mass is 9.96.